The number of piperazine rings is 1. The molecule has 1 amide bonds. The molecule has 0 bridgehead atoms. The fourth-order valence-electron chi connectivity index (χ4n) is 3.49. The minimum atomic E-state index is 0.212. The van der Waals surface area contributed by atoms with Crippen LogP contribution in [-0.2, 0) is 17.8 Å². The van der Waals surface area contributed by atoms with Gasteiger partial charge >= 0.3 is 0 Å². The summed E-state index contributed by atoms with van der Waals surface area (Å²) in [5.74, 6) is 1.69. The highest BCUT2D eigenvalue weighted by Gasteiger charge is 2.26. The molecule has 6 heteroatoms. The normalized spacial score (nSPS) is 21.3. The van der Waals surface area contributed by atoms with Crippen LogP contribution < -0.4 is 14.8 Å². The number of methoxy groups -OCH3 is 2. The Bertz CT molecular complexity index is 605. The zero-order chi connectivity index (χ0) is 17.1. The number of rotatable bonds is 4. The second kappa shape index (κ2) is 7.40. The van der Waals surface area contributed by atoms with Crippen LogP contribution in [0.15, 0.2) is 12.1 Å². The van der Waals surface area contributed by atoms with Crippen molar-refractivity contribution < 1.29 is 14.3 Å². The number of nitrogens with one attached hydrogen (secondary N) is 1. The number of carbonyl (C=O) groups is 1. The van der Waals surface area contributed by atoms with Crippen LogP contribution in [-0.4, -0.2) is 68.7 Å². The lowest BCUT2D eigenvalue weighted by atomic mass is 9.98. The van der Waals surface area contributed by atoms with Gasteiger partial charge in [0.25, 0.3) is 0 Å². The van der Waals surface area contributed by atoms with Crippen LogP contribution in [0.4, 0.5) is 0 Å². The number of hydrogen-bond acceptors (Lipinski definition) is 5. The Morgan fingerprint density at radius 2 is 1.92 bits per heavy atom. The molecule has 0 radical (unpaired) electrons. The third-order valence-electron chi connectivity index (χ3n) is 5.05. The highest BCUT2D eigenvalue weighted by molar-refractivity contribution is 5.78. The summed E-state index contributed by atoms with van der Waals surface area (Å²) in [5.41, 5.74) is 2.40. The van der Waals surface area contributed by atoms with Crippen molar-refractivity contribution in [2.45, 2.75) is 25.9 Å². The Balaban J connectivity index is 1.68. The summed E-state index contributed by atoms with van der Waals surface area (Å²) in [6.07, 6.45) is 0.860. The Morgan fingerprint density at radius 1 is 1.21 bits per heavy atom. The maximum atomic E-state index is 12.7. The summed E-state index contributed by atoms with van der Waals surface area (Å²) in [4.78, 5) is 16.9. The maximum absolute atomic E-state index is 12.7. The van der Waals surface area contributed by atoms with Crippen LogP contribution in [0.3, 0.4) is 0 Å². The summed E-state index contributed by atoms with van der Waals surface area (Å²) in [6, 6.07) is 4.44. The zero-order valence-electron chi connectivity index (χ0n) is 14.8. The van der Waals surface area contributed by atoms with Gasteiger partial charge < -0.3 is 19.7 Å². The van der Waals surface area contributed by atoms with Crippen molar-refractivity contribution in [3.05, 3.63) is 23.3 Å². The van der Waals surface area contributed by atoms with Crippen molar-refractivity contribution in [2.24, 2.45) is 0 Å². The fourth-order valence-corrected chi connectivity index (χ4v) is 3.49. The predicted octanol–water partition coefficient (Wildman–Crippen LogP) is 0.882. The maximum Gasteiger partial charge on any atom is 0.237 e. The highest BCUT2D eigenvalue weighted by Crippen LogP contribution is 2.33. The average molecular weight is 333 g/mol. The van der Waals surface area contributed by atoms with E-state index < -0.39 is 0 Å². The lowest BCUT2D eigenvalue weighted by molar-refractivity contribution is -0.134. The topological polar surface area (TPSA) is 54.0 Å². The van der Waals surface area contributed by atoms with Crippen LogP contribution in [0.1, 0.15) is 18.1 Å². The Kier molecular flexibility index (Phi) is 5.26. The van der Waals surface area contributed by atoms with Crippen molar-refractivity contribution in [3.8, 4) is 11.5 Å². The van der Waals surface area contributed by atoms with Gasteiger partial charge in [0.15, 0.2) is 11.5 Å². The van der Waals surface area contributed by atoms with E-state index in [0.29, 0.717) is 19.1 Å². The molecule has 132 valence electrons. The highest BCUT2D eigenvalue weighted by atomic mass is 16.5. The van der Waals surface area contributed by atoms with Crippen LogP contribution in [0, 0.1) is 0 Å². The van der Waals surface area contributed by atoms with E-state index in [-0.39, 0.29) is 5.91 Å². The molecule has 1 aromatic rings. The zero-order valence-corrected chi connectivity index (χ0v) is 14.8. The molecular weight excluding hydrogens is 306 g/mol. The van der Waals surface area contributed by atoms with Crippen molar-refractivity contribution in [3.63, 3.8) is 0 Å². The first kappa shape index (κ1) is 17.0. The Labute approximate surface area is 143 Å². The quantitative estimate of drug-likeness (QED) is 0.887. The van der Waals surface area contributed by atoms with E-state index in [1.54, 1.807) is 14.2 Å². The third kappa shape index (κ3) is 3.49. The van der Waals surface area contributed by atoms with Gasteiger partial charge in [-0.2, -0.15) is 0 Å². The molecule has 0 spiro atoms. The van der Waals surface area contributed by atoms with Gasteiger partial charge in [-0.15, -0.1) is 0 Å². The molecule has 0 aliphatic carbocycles. The Morgan fingerprint density at radius 3 is 2.58 bits per heavy atom. The molecule has 2 heterocycles. The van der Waals surface area contributed by atoms with E-state index in [2.05, 4.69) is 17.1 Å². The minimum Gasteiger partial charge on any atom is -0.493 e. The number of benzene rings is 1. The molecule has 3 rings (SSSR count). The summed E-state index contributed by atoms with van der Waals surface area (Å²) in [5, 5.41) is 3.36. The summed E-state index contributed by atoms with van der Waals surface area (Å²) in [6.45, 7) is 6.93. The van der Waals surface area contributed by atoms with Crippen LogP contribution >= 0.6 is 0 Å². The lowest BCUT2D eigenvalue weighted by Gasteiger charge is -2.36. The SMILES string of the molecule is COc1cc2c(cc1OC)CN(C(=O)CN1CCNC[C@@H]1C)CC2. The van der Waals surface area contributed by atoms with Gasteiger partial charge in [0, 0.05) is 38.8 Å². The summed E-state index contributed by atoms with van der Waals surface area (Å²) in [7, 11) is 3.29. The standard InChI is InChI=1S/C18H27N3O3/c1-13-10-19-5-7-20(13)12-18(22)21-6-4-14-8-16(23-2)17(24-3)9-15(14)11-21/h8-9,13,19H,4-7,10-12H2,1-3H3/t13-/m0/s1. The molecule has 1 aromatic carbocycles. The number of hydrogen-bond donors (Lipinski definition) is 1. The van der Waals surface area contributed by atoms with E-state index in [0.717, 1.165) is 49.7 Å². The molecule has 0 aromatic heterocycles. The molecule has 1 atom stereocenters. The van der Waals surface area contributed by atoms with Gasteiger partial charge in [0.05, 0.1) is 20.8 Å². The second-order valence-electron chi connectivity index (χ2n) is 6.56. The van der Waals surface area contributed by atoms with E-state index in [1.165, 1.54) is 5.56 Å². The monoisotopic (exact) mass is 333 g/mol. The molecule has 0 saturated carbocycles. The van der Waals surface area contributed by atoms with Crippen molar-refractivity contribution >= 4 is 5.91 Å². The number of carbonyl (C=O) groups excluding carboxylic acids is 1. The van der Waals surface area contributed by atoms with Crippen molar-refractivity contribution in [1.29, 1.82) is 0 Å². The van der Waals surface area contributed by atoms with E-state index >= 15 is 0 Å². The van der Waals surface area contributed by atoms with Gasteiger partial charge in [-0.3, -0.25) is 9.69 Å². The molecule has 1 fully saturated rings. The number of fused-ring (bicyclic) bond motifs is 1. The predicted molar refractivity (Wildman–Crippen MR) is 92.6 cm³/mol. The molecule has 6 nitrogen and oxygen atoms in total. The van der Waals surface area contributed by atoms with Gasteiger partial charge in [-0.25, -0.2) is 0 Å². The number of ether oxygens (including phenoxy) is 2. The minimum absolute atomic E-state index is 0.212. The smallest absolute Gasteiger partial charge is 0.237 e. The van der Waals surface area contributed by atoms with E-state index in [1.807, 2.05) is 17.0 Å². The van der Waals surface area contributed by atoms with E-state index in [9.17, 15) is 4.79 Å². The molecule has 2 aliphatic heterocycles. The number of nitrogens with zero attached hydrogens (tertiary/aromatic N) is 2. The summed E-state index contributed by atoms with van der Waals surface area (Å²) < 4.78 is 10.8. The van der Waals surface area contributed by atoms with Gasteiger partial charge in [-0.05, 0) is 36.6 Å². The van der Waals surface area contributed by atoms with Crippen LogP contribution in [0.5, 0.6) is 11.5 Å². The first-order valence-electron chi connectivity index (χ1n) is 8.58. The summed E-state index contributed by atoms with van der Waals surface area (Å²) >= 11 is 0. The average Bonchev–Trinajstić information content (AvgIpc) is 2.61. The number of amides is 1. The molecule has 1 saturated heterocycles. The molecular formula is C18H27N3O3. The van der Waals surface area contributed by atoms with Gasteiger partial charge in [0.1, 0.15) is 0 Å². The molecule has 0 unspecified atom stereocenters. The fraction of sp³-hybridized carbons (Fsp3) is 0.611. The molecule has 2 aliphatic rings. The molecule has 24 heavy (non-hydrogen) atoms. The van der Waals surface area contributed by atoms with Crippen LogP contribution in [0.25, 0.3) is 0 Å². The largest absolute Gasteiger partial charge is 0.493 e. The third-order valence-corrected chi connectivity index (χ3v) is 5.05. The first-order valence-corrected chi connectivity index (χ1v) is 8.58. The second-order valence-corrected chi connectivity index (χ2v) is 6.56. The van der Waals surface area contributed by atoms with Gasteiger partial charge in [0.2, 0.25) is 5.91 Å². The van der Waals surface area contributed by atoms with Crippen molar-refractivity contribution in [2.75, 3.05) is 46.9 Å². The van der Waals surface area contributed by atoms with Crippen LogP contribution in [0.2, 0.25) is 0 Å². The van der Waals surface area contributed by atoms with Gasteiger partial charge in [-0.1, -0.05) is 0 Å². The first-order chi connectivity index (χ1) is 11.6. The lowest BCUT2D eigenvalue weighted by Crippen LogP contribution is -2.53. The molecule has 1 N–H and O–H groups in total. The van der Waals surface area contributed by atoms with E-state index in [4.69, 9.17) is 9.47 Å². The Hall–Kier alpha value is -1.79. The van der Waals surface area contributed by atoms with Crippen molar-refractivity contribution in [1.82, 2.24) is 15.1 Å².